The zero-order valence-corrected chi connectivity index (χ0v) is 20.9. The van der Waals surface area contributed by atoms with Crippen molar-refractivity contribution in [3.63, 3.8) is 0 Å². The van der Waals surface area contributed by atoms with E-state index in [1.165, 1.54) is 56.9 Å². The smallest absolute Gasteiger partial charge is 0.303 e. The van der Waals surface area contributed by atoms with Crippen LogP contribution in [0.15, 0.2) is 58.8 Å². The van der Waals surface area contributed by atoms with E-state index in [1.54, 1.807) is 0 Å². The molecule has 0 fully saturated rings. The number of aryl methyl sites for hydroxylation is 1. The zero-order chi connectivity index (χ0) is 24.3. The summed E-state index contributed by atoms with van der Waals surface area (Å²) in [5.41, 5.74) is 3.06. The summed E-state index contributed by atoms with van der Waals surface area (Å²) in [5, 5.41) is 17.3. The second-order valence-electron chi connectivity index (χ2n) is 8.99. The van der Waals surface area contributed by atoms with E-state index in [4.69, 9.17) is 9.84 Å². The van der Waals surface area contributed by atoms with E-state index in [9.17, 15) is 4.79 Å². The third kappa shape index (κ3) is 13.1. The lowest BCUT2D eigenvalue weighted by atomic mass is 10.1. The molecule has 0 saturated heterocycles. The van der Waals surface area contributed by atoms with Gasteiger partial charge in [-0.3, -0.25) is 4.79 Å². The van der Waals surface area contributed by atoms with Crippen LogP contribution in [0.5, 0.6) is 5.75 Å². The van der Waals surface area contributed by atoms with Crippen molar-refractivity contribution >= 4 is 17.3 Å². The van der Waals surface area contributed by atoms with Crippen LogP contribution in [-0.4, -0.2) is 17.7 Å². The maximum atomic E-state index is 10.5. The summed E-state index contributed by atoms with van der Waals surface area (Å²) in [6.07, 6.45) is 15.4. The van der Waals surface area contributed by atoms with E-state index in [1.807, 2.05) is 36.4 Å². The fourth-order valence-electron chi connectivity index (χ4n) is 3.84. The molecule has 0 aliphatic heterocycles. The van der Waals surface area contributed by atoms with Crippen molar-refractivity contribution in [1.82, 2.24) is 0 Å². The van der Waals surface area contributed by atoms with Crippen LogP contribution in [-0.2, 0) is 11.2 Å². The first-order chi connectivity index (χ1) is 16.7. The molecule has 0 spiro atoms. The predicted octanol–water partition coefficient (Wildman–Crippen LogP) is 9.20. The monoisotopic (exact) mass is 466 g/mol. The normalized spacial score (nSPS) is 11.2. The molecular formula is C29H42N2O3. The molecule has 0 saturated carbocycles. The lowest BCUT2D eigenvalue weighted by molar-refractivity contribution is -0.137. The number of hydrogen-bond acceptors (Lipinski definition) is 4. The molecule has 0 radical (unpaired) electrons. The summed E-state index contributed by atoms with van der Waals surface area (Å²) in [4.78, 5) is 10.5. The molecule has 1 N–H and O–H groups in total. The van der Waals surface area contributed by atoms with E-state index >= 15 is 0 Å². The lowest BCUT2D eigenvalue weighted by Crippen LogP contribution is -1.97. The number of benzene rings is 2. The summed E-state index contributed by atoms with van der Waals surface area (Å²) in [7, 11) is 0. The Hall–Kier alpha value is -2.69. The molecule has 2 rings (SSSR count). The quantitative estimate of drug-likeness (QED) is 0.166. The molecule has 0 unspecified atom stereocenters. The van der Waals surface area contributed by atoms with Crippen molar-refractivity contribution < 1.29 is 14.6 Å². The molecule has 34 heavy (non-hydrogen) atoms. The van der Waals surface area contributed by atoms with Gasteiger partial charge in [-0.25, -0.2) is 0 Å². The fraction of sp³-hybridized carbons (Fsp3) is 0.552. The van der Waals surface area contributed by atoms with Gasteiger partial charge in [0.05, 0.1) is 18.0 Å². The molecule has 5 nitrogen and oxygen atoms in total. The molecule has 0 aliphatic rings. The summed E-state index contributed by atoms with van der Waals surface area (Å²) in [6, 6.07) is 16.1. The van der Waals surface area contributed by atoms with Gasteiger partial charge in [-0.15, -0.1) is 0 Å². The Bertz CT molecular complexity index is 816. The highest BCUT2D eigenvalue weighted by atomic mass is 16.5. The van der Waals surface area contributed by atoms with Gasteiger partial charge < -0.3 is 9.84 Å². The van der Waals surface area contributed by atoms with Gasteiger partial charge in [0.2, 0.25) is 0 Å². The minimum atomic E-state index is -0.687. The molecule has 2 aromatic rings. The summed E-state index contributed by atoms with van der Waals surface area (Å²) < 4.78 is 5.84. The number of rotatable bonds is 19. The SMILES string of the molecule is CCCCCCc1ccc(N=Nc2ccc(OCCCCCCCCCCC(=O)O)cc2)cc1. The molecule has 0 atom stereocenters. The number of carbonyl (C=O) groups is 1. The topological polar surface area (TPSA) is 71.2 Å². The van der Waals surface area contributed by atoms with E-state index in [2.05, 4.69) is 29.3 Å². The second-order valence-corrected chi connectivity index (χ2v) is 8.99. The average molecular weight is 467 g/mol. The Morgan fingerprint density at radius 2 is 1.24 bits per heavy atom. The minimum absolute atomic E-state index is 0.300. The average Bonchev–Trinajstić information content (AvgIpc) is 2.85. The Labute approximate surface area is 205 Å². The number of unbranched alkanes of at least 4 members (excludes halogenated alkanes) is 10. The first-order valence-electron chi connectivity index (χ1n) is 13.1. The van der Waals surface area contributed by atoms with Crippen molar-refractivity contribution in [3.8, 4) is 5.75 Å². The molecule has 186 valence electrons. The molecule has 0 aliphatic carbocycles. The van der Waals surface area contributed by atoms with Gasteiger partial charge in [-0.05, 0) is 67.6 Å². The van der Waals surface area contributed by atoms with Crippen LogP contribution in [0.1, 0.15) is 96.0 Å². The molecule has 5 heteroatoms. The number of ether oxygens (including phenoxy) is 1. The Morgan fingerprint density at radius 3 is 1.82 bits per heavy atom. The second kappa shape index (κ2) is 17.7. The van der Waals surface area contributed by atoms with E-state index in [-0.39, 0.29) is 0 Å². The van der Waals surface area contributed by atoms with Gasteiger partial charge in [0, 0.05) is 6.42 Å². The molecule has 0 amide bonds. The molecule has 0 bridgehead atoms. The first-order valence-corrected chi connectivity index (χ1v) is 13.1. The third-order valence-corrected chi connectivity index (χ3v) is 5.93. The van der Waals surface area contributed by atoms with Crippen molar-refractivity contribution in [2.75, 3.05) is 6.61 Å². The molecule has 2 aromatic carbocycles. The van der Waals surface area contributed by atoms with Crippen LogP contribution < -0.4 is 4.74 Å². The molecular weight excluding hydrogens is 424 g/mol. The number of carboxylic acids is 1. The van der Waals surface area contributed by atoms with Gasteiger partial charge in [0.25, 0.3) is 0 Å². The van der Waals surface area contributed by atoms with Crippen LogP contribution in [0.2, 0.25) is 0 Å². The molecule has 0 aromatic heterocycles. The number of hydrogen-bond donors (Lipinski definition) is 1. The van der Waals surface area contributed by atoms with Gasteiger partial charge >= 0.3 is 5.97 Å². The van der Waals surface area contributed by atoms with Gasteiger partial charge in [0.1, 0.15) is 5.75 Å². The number of azo groups is 1. The van der Waals surface area contributed by atoms with E-state index < -0.39 is 5.97 Å². The largest absolute Gasteiger partial charge is 0.494 e. The lowest BCUT2D eigenvalue weighted by Gasteiger charge is -2.06. The highest BCUT2D eigenvalue weighted by Gasteiger charge is 1.99. The Morgan fingerprint density at radius 1 is 0.706 bits per heavy atom. The van der Waals surface area contributed by atoms with Crippen LogP contribution in [0.3, 0.4) is 0 Å². The number of nitrogens with zero attached hydrogens (tertiary/aromatic N) is 2. The van der Waals surface area contributed by atoms with Crippen LogP contribution in [0.25, 0.3) is 0 Å². The van der Waals surface area contributed by atoms with Crippen LogP contribution in [0, 0.1) is 0 Å². The predicted molar refractivity (Wildman–Crippen MR) is 140 cm³/mol. The van der Waals surface area contributed by atoms with E-state index in [0.29, 0.717) is 6.42 Å². The highest BCUT2D eigenvalue weighted by Crippen LogP contribution is 2.22. The summed E-state index contributed by atoms with van der Waals surface area (Å²) >= 11 is 0. The number of carboxylic acid groups (broad SMARTS) is 1. The van der Waals surface area contributed by atoms with Crippen LogP contribution in [0.4, 0.5) is 11.4 Å². The number of aliphatic carboxylic acids is 1. The van der Waals surface area contributed by atoms with Gasteiger partial charge in [-0.1, -0.05) is 76.8 Å². The molecule has 0 heterocycles. The van der Waals surface area contributed by atoms with Crippen molar-refractivity contribution in [2.45, 2.75) is 96.8 Å². The van der Waals surface area contributed by atoms with Crippen molar-refractivity contribution in [2.24, 2.45) is 10.2 Å². The third-order valence-electron chi connectivity index (χ3n) is 5.93. The maximum Gasteiger partial charge on any atom is 0.303 e. The summed E-state index contributed by atoms with van der Waals surface area (Å²) in [6.45, 7) is 2.97. The Balaban J connectivity index is 1.56. The van der Waals surface area contributed by atoms with Crippen molar-refractivity contribution in [3.05, 3.63) is 54.1 Å². The van der Waals surface area contributed by atoms with Gasteiger partial charge in [0.15, 0.2) is 0 Å². The summed E-state index contributed by atoms with van der Waals surface area (Å²) in [5.74, 6) is 0.178. The first kappa shape index (κ1) is 27.6. The maximum absolute atomic E-state index is 10.5. The van der Waals surface area contributed by atoms with Crippen LogP contribution >= 0.6 is 0 Å². The fourth-order valence-corrected chi connectivity index (χ4v) is 3.84. The zero-order valence-electron chi connectivity index (χ0n) is 20.9. The Kier molecular flexibility index (Phi) is 14.4. The van der Waals surface area contributed by atoms with Crippen molar-refractivity contribution in [1.29, 1.82) is 0 Å². The van der Waals surface area contributed by atoms with E-state index in [0.717, 1.165) is 55.8 Å². The minimum Gasteiger partial charge on any atom is -0.494 e. The van der Waals surface area contributed by atoms with Gasteiger partial charge in [-0.2, -0.15) is 10.2 Å². The highest BCUT2D eigenvalue weighted by molar-refractivity contribution is 5.66. The standard InChI is InChI=1S/C29H42N2O3/c1-2-3-4-11-14-25-16-18-26(19-17-25)30-31-27-20-22-28(23-21-27)34-24-13-10-8-6-5-7-9-12-15-29(32)33/h16-23H,2-15,24H2,1H3,(H,32,33).